The lowest BCUT2D eigenvalue weighted by atomic mass is 9.81. The van der Waals surface area contributed by atoms with E-state index in [1.807, 2.05) is 0 Å². The van der Waals surface area contributed by atoms with Crippen LogP contribution in [-0.4, -0.2) is 39.1 Å². The van der Waals surface area contributed by atoms with Crippen LogP contribution in [0.2, 0.25) is 0 Å². The summed E-state index contributed by atoms with van der Waals surface area (Å²) in [6.07, 6.45) is 3.17. The van der Waals surface area contributed by atoms with Crippen molar-refractivity contribution in [2.45, 2.75) is 30.6 Å². The molecule has 1 aromatic rings. The number of aliphatic hydroxyl groups excluding tert-OH is 1. The quantitative estimate of drug-likeness (QED) is 0.687. The third kappa shape index (κ3) is 5.30. The predicted molar refractivity (Wildman–Crippen MR) is 87.2 cm³/mol. The standard InChI is InChI=1S/C16H24N2O4S/c19-11-10-17-16(20)14-8-6-13(7-9-14)12-18-23(21,22)15-4-2-1-3-5-15/h1-5,13-14,18-19H,6-12H2,(H,17,20). The molecule has 1 aliphatic rings. The minimum atomic E-state index is -3.46. The molecule has 1 aromatic carbocycles. The van der Waals surface area contributed by atoms with Gasteiger partial charge in [-0.15, -0.1) is 0 Å². The van der Waals surface area contributed by atoms with Crippen molar-refractivity contribution in [1.29, 1.82) is 0 Å². The molecule has 0 aliphatic heterocycles. The first kappa shape index (κ1) is 17.9. The topological polar surface area (TPSA) is 95.5 Å². The monoisotopic (exact) mass is 340 g/mol. The molecule has 23 heavy (non-hydrogen) atoms. The zero-order valence-electron chi connectivity index (χ0n) is 13.1. The van der Waals surface area contributed by atoms with E-state index >= 15 is 0 Å². The molecule has 0 aromatic heterocycles. The van der Waals surface area contributed by atoms with Crippen molar-refractivity contribution in [1.82, 2.24) is 10.0 Å². The van der Waals surface area contributed by atoms with Gasteiger partial charge in [0.2, 0.25) is 15.9 Å². The Balaban J connectivity index is 1.78. The van der Waals surface area contributed by atoms with Crippen LogP contribution in [0, 0.1) is 11.8 Å². The Morgan fingerprint density at radius 3 is 2.39 bits per heavy atom. The molecule has 0 unspecified atom stereocenters. The zero-order valence-corrected chi connectivity index (χ0v) is 13.9. The molecule has 1 fully saturated rings. The molecular formula is C16H24N2O4S. The highest BCUT2D eigenvalue weighted by Gasteiger charge is 2.27. The van der Waals surface area contributed by atoms with E-state index in [0.29, 0.717) is 6.54 Å². The molecule has 0 bridgehead atoms. The van der Waals surface area contributed by atoms with Crippen LogP contribution < -0.4 is 10.0 Å². The molecule has 0 saturated heterocycles. The highest BCUT2D eigenvalue weighted by Crippen LogP contribution is 2.28. The molecule has 2 rings (SSSR count). The molecule has 0 spiro atoms. The third-order valence-electron chi connectivity index (χ3n) is 4.24. The number of carbonyl (C=O) groups is 1. The van der Waals surface area contributed by atoms with Crippen molar-refractivity contribution < 1.29 is 18.3 Å². The normalized spacial score (nSPS) is 21.8. The Bertz CT molecular complexity index is 596. The van der Waals surface area contributed by atoms with Crippen LogP contribution in [0.15, 0.2) is 35.2 Å². The average Bonchev–Trinajstić information content (AvgIpc) is 2.59. The van der Waals surface area contributed by atoms with Crippen LogP contribution in [0.25, 0.3) is 0 Å². The predicted octanol–water partition coefficient (Wildman–Crippen LogP) is 0.880. The highest BCUT2D eigenvalue weighted by molar-refractivity contribution is 7.89. The van der Waals surface area contributed by atoms with Gasteiger partial charge >= 0.3 is 0 Å². The minimum Gasteiger partial charge on any atom is -0.395 e. The fourth-order valence-corrected chi connectivity index (χ4v) is 4.00. The van der Waals surface area contributed by atoms with Gasteiger partial charge in [-0.05, 0) is 43.7 Å². The number of hydrogen-bond acceptors (Lipinski definition) is 4. The van der Waals surface area contributed by atoms with Gasteiger partial charge in [-0.2, -0.15) is 0 Å². The molecule has 0 radical (unpaired) electrons. The Kier molecular flexibility index (Phi) is 6.56. The summed E-state index contributed by atoms with van der Waals surface area (Å²) in [7, 11) is -3.46. The van der Waals surface area contributed by atoms with Crippen LogP contribution in [0.5, 0.6) is 0 Å². The number of carbonyl (C=O) groups excluding carboxylic acids is 1. The van der Waals surface area contributed by atoms with Crippen molar-refractivity contribution in [3.63, 3.8) is 0 Å². The summed E-state index contributed by atoms with van der Waals surface area (Å²) in [5, 5.41) is 11.4. The molecule has 128 valence electrons. The lowest BCUT2D eigenvalue weighted by Gasteiger charge is -2.27. The fourth-order valence-electron chi connectivity index (χ4n) is 2.86. The van der Waals surface area contributed by atoms with Crippen molar-refractivity contribution in [2.75, 3.05) is 19.7 Å². The van der Waals surface area contributed by atoms with Crippen molar-refractivity contribution in [3.05, 3.63) is 30.3 Å². The first-order valence-corrected chi connectivity index (χ1v) is 9.44. The van der Waals surface area contributed by atoms with E-state index in [2.05, 4.69) is 10.0 Å². The highest BCUT2D eigenvalue weighted by atomic mass is 32.2. The van der Waals surface area contributed by atoms with E-state index in [-0.39, 0.29) is 35.8 Å². The van der Waals surface area contributed by atoms with Crippen LogP contribution in [0.4, 0.5) is 0 Å². The lowest BCUT2D eigenvalue weighted by Crippen LogP contribution is -2.37. The Hall–Kier alpha value is -1.44. The molecular weight excluding hydrogens is 316 g/mol. The second-order valence-electron chi connectivity index (χ2n) is 5.90. The molecule has 3 N–H and O–H groups in total. The van der Waals surface area contributed by atoms with Crippen LogP contribution in [0.1, 0.15) is 25.7 Å². The molecule has 1 saturated carbocycles. The second kappa shape index (κ2) is 8.42. The van der Waals surface area contributed by atoms with Crippen molar-refractivity contribution in [2.24, 2.45) is 11.8 Å². The number of sulfonamides is 1. The Morgan fingerprint density at radius 2 is 1.78 bits per heavy atom. The van der Waals surface area contributed by atoms with Crippen molar-refractivity contribution >= 4 is 15.9 Å². The van der Waals surface area contributed by atoms with Crippen LogP contribution in [0.3, 0.4) is 0 Å². The summed E-state index contributed by atoms with van der Waals surface area (Å²) < 4.78 is 27.0. The summed E-state index contributed by atoms with van der Waals surface area (Å²) >= 11 is 0. The maximum atomic E-state index is 12.2. The van der Waals surface area contributed by atoms with Gasteiger partial charge in [-0.3, -0.25) is 4.79 Å². The SMILES string of the molecule is O=C(NCCO)C1CCC(CNS(=O)(=O)c2ccccc2)CC1. The van der Waals surface area contributed by atoms with Crippen LogP contribution in [-0.2, 0) is 14.8 Å². The van der Waals surface area contributed by atoms with E-state index in [1.54, 1.807) is 30.3 Å². The zero-order chi connectivity index (χ0) is 16.7. The van der Waals surface area contributed by atoms with Gasteiger partial charge in [0.1, 0.15) is 0 Å². The van der Waals surface area contributed by atoms with Crippen molar-refractivity contribution in [3.8, 4) is 0 Å². The first-order chi connectivity index (χ1) is 11.0. The van der Waals surface area contributed by atoms with Gasteiger partial charge in [-0.1, -0.05) is 18.2 Å². The first-order valence-electron chi connectivity index (χ1n) is 7.96. The summed E-state index contributed by atoms with van der Waals surface area (Å²) in [6.45, 7) is 0.639. The van der Waals surface area contributed by atoms with Gasteiger partial charge in [0.15, 0.2) is 0 Å². The minimum absolute atomic E-state index is 0.0117. The largest absolute Gasteiger partial charge is 0.395 e. The number of rotatable bonds is 7. The van der Waals surface area contributed by atoms with E-state index in [1.165, 1.54) is 0 Å². The Labute approximate surface area is 137 Å². The molecule has 1 amide bonds. The average molecular weight is 340 g/mol. The van der Waals surface area contributed by atoms with Gasteiger partial charge in [0.05, 0.1) is 11.5 Å². The van der Waals surface area contributed by atoms with E-state index in [9.17, 15) is 13.2 Å². The molecule has 6 nitrogen and oxygen atoms in total. The molecule has 7 heteroatoms. The van der Waals surface area contributed by atoms with E-state index in [4.69, 9.17) is 5.11 Å². The number of amides is 1. The maximum absolute atomic E-state index is 12.2. The second-order valence-corrected chi connectivity index (χ2v) is 7.66. The van der Waals surface area contributed by atoms with Crippen LogP contribution >= 0.6 is 0 Å². The van der Waals surface area contributed by atoms with Gasteiger partial charge in [0, 0.05) is 19.0 Å². The third-order valence-corrected chi connectivity index (χ3v) is 5.68. The summed E-state index contributed by atoms with van der Waals surface area (Å²) in [5.41, 5.74) is 0. The number of aliphatic hydroxyl groups is 1. The number of benzene rings is 1. The van der Waals surface area contributed by atoms with Gasteiger partial charge < -0.3 is 10.4 Å². The lowest BCUT2D eigenvalue weighted by molar-refractivity contribution is -0.126. The fraction of sp³-hybridized carbons (Fsp3) is 0.562. The Morgan fingerprint density at radius 1 is 1.13 bits per heavy atom. The van der Waals surface area contributed by atoms with Gasteiger partial charge in [-0.25, -0.2) is 13.1 Å². The smallest absolute Gasteiger partial charge is 0.240 e. The maximum Gasteiger partial charge on any atom is 0.240 e. The number of nitrogens with one attached hydrogen (secondary N) is 2. The molecule has 0 atom stereocenters. The summed E-state index contributed by atoms with van der Waals surface area (Å²) in [4.78, 5) is 12.1. The number of hydrogen-bond donors (Lipinski definition) is 3. The summed E-state index contributed by atoms with van der Waals surface area (Å²) in [5.74, 6) is 0.223. The van der Waals surface area contributed by atoms with E-state index in [0.717, 1.165) is 25.7 Å². The molecule has 1 aliphatic carbocycles. The van der Waals surface area contributed by atoms with E-state index < -0.39 is 10.0 Å². The van der Waals surface area contributed by atoms with Gasteiger partial charge in [0.25, 0.3) is 0 Å². The molecule has 0 heterocycles. The summed E-state index contributed by atoms with van der Waals surface area (Å²) in [6, 6.07) is 8.33.